The van der Waals surface area contributed by atoms with Gasteiger partial charge in [-0.2, -0.15) is 4.98 Å². The van der Waals surface area contributed by atoms with Crippen molar-refractivity contribution in [2.24, 2.45) is 0 Å². The Hall–Kier alpha value is -3.13. The van der Waals surface area contributed by atoms with E-state index in [1.165, 1.54) is 17.4 Å². The summed E-state index contributed by atoms with van der Waals surface area (Å²) in [5, 5.41) is 0.723. The third-order valence-electron chi connectivity index (χ3n) is 6.33. The molecule has 1 amide bonds. The van der Waals surface area contributed by atoms with Crippen LogP contribution in [-0.4, -0.2) is 57.3 Å². The highest BCUT2D eigenvalue weighted by molar-refractivity contribution is 7.99. The molecule has 3 aromatic rings. The molecular formula is C25H27N5O2S. The zero-order valence-electron chi connectivity index (χ0n) is 18.5. The zero-order chi connectivity index (χ0) is 22.6. The van der Waals surface area contributed by atoms with Gasteiger partial charge in [-0.25, -0.2) is 4.79 Å². The molecule has 1 aromatic carbocycles. The normalized spacial score (nSPS) is 15.5. The molecule has 0 spiro atoms. The van der Waals surface area contributed by atoms with Crippen LogP contribution in [-0.2, 0) is 24.2 Å². The Kier molecular flexibility index (Phi) is 6.44. The highest BCUT2D eigenvalue weighted by atomic mass is 32.2. The van der Waals surface area contributed by atoms with Crippen molar-refractivity contribution in [1.82, 2.24) is 19.4 Å². The van der Waals surface area contributed by atoms with E-state index in [0.717, 1.165) is 54.3 Å². The lowest BCUT2D eigenvalue weighted by Gasteiger charge is -2.36. The number of amides is 1. The minimum absolute atomic E-state index is 0.110. The third-order valence-corrected chi connectivity index (χ3v) is 7.34. The smallest absolute Gasteiger partial charge is 0.349 e. The van der Waals surface area contributed by atoms with Crippen LogP contribution in [0.4, 0.5) is 5.69 Å². The second-order valence-corrected chi connectivity index (χ2v) is 9.34. The molecule has 2 aromatic heterocycles. The predicted octanol–water partition coefficient (Wildman–Crippen LogP) is 2.62. The number of anilines is 1. The van der Waals surface area contributed by atoms with Crippen LogP contribution in [0, 0.1) is 0 Å². The fourth-order valence-electron chi connectivity index (χ4n) is 4.60. The van der Waals surface area contributed by atoms with Crippen molar-refractivity contribution in [1.29, 1.82) is 0 Å². The Balaban J connectivity index is 1.23. The van der Waals surface area contributed by atoms with Gasteiger partial charge in [-0.15, -0.1) is 0 Å². The quantitative estimate of drug-likeness (QED) is 0.415. The van der Waals surface area contributed by atoms with E-state index < -0.39 is 0 Å². The summed E-state index contributed by atoms with van der Waals surface area (Å²) < 4.78 is 1.75. The molecule has 0 radical (unpaired) electrons. The van der Waals surface area contributed by atoms with Crippen molar-refractivity contribution in [2.75, 3.05) is 36.8 Å². The van der Waals surface area contributed by atoms with Crippen LogP contribution in [0.1, 0.15) is 23.4 Å². The van der Waals surface area contributed by atoms with Crippen molar-refractivity contribution in [2.45, 2.75) is 30.8 Å². The second kappa shape index (κ2) is 9.79. The summed E-state index contributed by atoms with van der Waals surface area (Å²) in [7, 11) is 0. The average Bonchev–Trinajstić information content (AvgIpc) is 3.36. The minimum atomic E-state index is -0.257. The highest BCUT2D eigenvalue weighted by Gasteiger charge is 2.25. The maximum absolute atomic E-state index is 12.9. The van der Waals surface area contributed by atoms with Crippen LogP contribution in [0.2, 0.25) is 0 Å². The molecule has 0 bridgehead atoms. The van der Waals surface area contributed by atoms with Crippen molar-refractivity contribution in [3.63, 3.8) is 0 Å². The first-order chi connectivity index (χ1) is 16.2. The summed E-state index contributed by atoms with van der Waals surface area (Å²) in [4.78, 5) is 38.7. The predicted molar refractivity (Wildman–Crippen MR) is 130 cm³/mol. The summed E-state index contributed by atoms with van der Waals surface area (Å²) in [5.74, 6) is 0.424. The molecule has 0 atom stereocenters. The molecule has 3 heterocycles. The van der Waals surface area contributed by atoms with E-state index in [-0.39, 0.29) is 11.6 Å². The van der Waals surface area contributed by atoms with Gasteiger partial charge in [0, 0.05) is 49.3 Å². The van der Waals surface area contributed by atoms with Gasteiger partial charge in [0.2, 0.25) is 5.91 Å². The monoisotopic (exact) mass is 461 g/mol. The van der Waals surface area contributed by atoms with E-state index in [9.17, 15) is 9.59 Å². The third kappa shape index (κ3) is 4.80. The molecule has 7 nitrogen and oxygen atoms in total. The van der Waals surface area contributed by atoms with Crippen LogP contribution in [0.25, 0.3) is 0 Å². The molecule has 0 unspecified atom stereocenters. The van der Waals surface area contributed by atoms with E-state index in [0.29, 0.717) is 25.4 Å². The van der Waals surface area contributed by atoms with Gasteiger partial charge in [-0.3, -0.25) is 14.3 Å². The van der Waals surface area contributed by atoms with E-state index in [1.54, 1.807) is 10.8 Å². The molecule has 33 heavy (non-hydrogen) atoms. The number of carbonyl (C=O) groups excluding carboxylic acids is 1. The number of aromatic nitrogens is 3. The first-order valence-electron chi connectivity index (χ1n) is 11.4. The lowest BCUT2D eigenvalue weighted by molar-refractivity contribution is -0.128. The number of para-hydroxylation sites is 1. The number of benzene rings is 1. The largest absolute Gasteiger partial charge is 0.368 e. The van der Waals surface area contributed by atoms with Gasteiger partial charge in [0.1, 0.15) is 5.03 Å². The molecule has 1 aliphatic heterocycles. The topological polar surface area (TPSA) is 71.3 Å². The molecule has 1 aliphatic carbocycles. The molecule has 2 aliphatic rings. The summed E-state index contributed by atoms with van der Waals surface area (Å²) in [6.45, 7) is 3.52. The number of pyridine rings is 1. The van der Waals surface area contributed by atoms with Crippen LogP contribution in [0.15, 0.2) is 64.5 Å². The summed E-state index contributed by atoms with van der Waals surface area (Å²) >= 11 is 1.41. The van der Waals surface area contributed by atoms with Crippen LogP contribution >= 0.6 is 11.8 Å². The van der Waals surface area contributed by atoms with Crippen LogP contribution in [0.5, 0.6) is 0 Å². The second-order valence-electron chi connectivity index (χ2n) is 8.38. The Labute approximate surface area is 197 Å². The SMILES string of the molecule is O=C(CSc1nc(=O)n(Cc2ccccn2)c2c1CCC2)N1CCN(c2ccccc2)CC1. The number of hydrogen-bond donors (Lipinski definition) is 0. The summed E-state index contributed by atoms with van der Waals surface area (Å²) in [6.07, 6.45) is 4.51. The van der Waals surface area contributed by atoms with Gasteiger partial charge in [0.15, 0.2) is 0 Å². The Bertz CT molecular complexity index is 1170. The number of carbonyl (C=O) groups is 1. The lowest BCUT2D eigenvalue weighted by Crippen LogP contribution is -2.49. The number of nitrogens with zero attached hydrogens (tertiary/aromatic N) is 5. The molecule has 1 saturated heterocycles. The summed E-state index contributed by atoms with van der Waals surface area (Å²) in [5.41, 5.74) is 3.96. The molecule has 0 N–H and O–H groups in total. The molecule has 0 saturated carbocycles. The Morgan fingerprint density at radius 1 is 0.970 bits per heavy atom. The first-order valence-corrected chi connectivity index (χ1v) is 12.4. The van der Waals surface area contributed by atoms with Crippen LogP contribution < -0.4 is 10.6 Å². The van der Waals surface area contributed by atoms with E-state index in [4.69, 9.17) is 0 Å². The number of hydrogen-bond acceptors (Lipinski definition) is 6. The van der Waals surface area contributed by atoms with Gasteiger partial charge < -0.3 is 9.80 Å². The van der Waals surface area contributed by atoms with Gasteiger partial charge in [0.05, 0.1) is 18.0 Å². The fourth-order valence-corrected chi connectivity index (χ4v) is 5.58. The van der Waals surface area contributed by atoms with E-state index in [1.807, 2.05) is 41.3 Å². The van der Waals surface area contributed by atoms with Gasteiger partial charge in [-0.05, 0) is 43.5 Å². The van der Waals surface area contributed by atoms with Gasteiger partial charge in [-0.1, -0.05) is 36.0 Å². The Morgan fingerprint density at radius 3 is 2.52 bits per heavy atom. The fraction of sp³-hybridized carbons (Fsp3) is 0.360. The first kappa shape index (κ1) is 21.7. The van der Waals surface area contributed by atoms with Crippen molar-refractivity contribution in [3.8, 4) is 0 Å². The van der Waals surface area contributed by atoms with Gasteiger partial charge in [0.25, 0.3) is 0 Å². The van der Waals surface area contributed by atoms with Crippen molar-refractivity contribution in [3.05, 3.63) is 82.2 Å². The number of thioether (sulfide) groups is 1. The van der Waals surface area contributed by atoms with Crippen LogP contribution in [0.3, 0.4) is 0 Å². The molecule has 8 heteroatoms. The van der Waals surface area contributed by atoms with Crippen molar-refractivity contribution < 1.29 is 4.79 Å². The minimum Gasteiger partial charge on any atom is -0.368 e. The number of rotatable bonds is 6. The highest BCUT2D eigenvalue weighted by Crippen LogP contribution is 2.29. The molecule has 170 valence electrons. The summed E-state index contributed by atoms with van der Waals surface area (Å²) in [6, 6.07) is 16.0. The lowest BCUT2D eigenvalue weighted by atomic mass is 10.2. The maximum Gasteiger partial charge on any atom is 0.349 e. The Morgan fingerprint density at radius 2 is 1.76 bits per heavy atom. The number of piperazine rings is 1. The molecule has 5 rings (SSSR count). The average molecular weight is 462 g/mol. The van der Waals surface area contributed by atoms with E-state index >= 15 is 0 Å². The molecule has 1 fully saturated rings. The maximum atomic E-state index is 12.9. The zero-order valence-corrected chi connectivity index (χ0v) is 19.3. The van der Waals surface area contributed by atoms with Crippen molar-refractivity contribution >= 4 is 23.4 Å². The number of fused-ring (bicyclic) bond motifs is 1. The van der Waals surface area contributed by atoms with E-state index in [2.05, 4.69) is 27.0 Å². The van der Waals surface area contributed by atoms with Gasteiger partial charge >= 0.3 is 5.69 Å². The standard InChI is InChI=1S/C25H27N5O2S/c31-23(29-15-13-28(14-16-29)20-8-2-1-3-9-20)18-33-24-21-10-6-11-22(21)30(25(32)27-24)17-19-7-4-5-12-26-19/h1-5,7-9,12H,6,10-11,13-18H2. The molecular weight excluding hydrogens is 434 g/mol.